The van der Waals surface area contributed by atoms with Crippen LogP contribution in [0.3, 0.4) is 0 Å². The number of esters is 1. The van der Waals surface area contributed by atoms with Gasteiger partial charge >= 0.3 is 12.1 Å². The van der Waals surface area contributed by atoms with E-state index in [-0.39, 0.29) is 44.1 Å². The van der Waals surface area contributed by atoms with E-state index in [2.05, 4.69) is 0 Å². The van der Waals surface area contributed by atoms with Gasteiger partial charge in [-0.15, -0.1) is 0 Å². The Kier molecular flexibility index (Phi) is 5.16. The van der Waals surface area contributed by atoms with Crippen LogP contribution in [-0.2, 0) is 16.1 Å². The highest BCUT2D eigenvalue weighted by atomic mass is 16.6. The molecule has 1 fully saturated rings. The Bertz CT molecular complexity index is 818. The number of ether oxygens (including phenoxy) is 2. The molecule has 10 heteroatoms. The maximum Gasteiger partial charge on any atom is 0.410 e. The van der Waals surface area contributed by atoms with Crippen molar-refractivity contribution in [3.63, 3.8) is 0 Å². The normalized spacial score (nSPS) is 19.3. The first-order chi connectivity index (χ1) is 13.1. The molecule has 0 spiro atoms. The molecular weight excluding hydrogens is 370 g/mol. The standard InChI is InChI=1S/C18H23N3O7/c1-18(2,3)28-17(24)19-4-5-20(12(8-19)9-22)14-6-11-10-27-16(23)13(11)7-15(14)21(25)26/h6-7,12,22H,4-5,8-10H2,1-3H3/t12-/m0/s1. The van der Waals surface area contributed by atoms with Crippen LogP contribution in [0.4, 0.5) is 16.2 Å². The predicted molar refractivity (Wildman–Crippen MR) is 98.2 cm³/mol. The molecule has 1 aromatic carbocycles. The Morgan fingerprint density at radius 1 is 1.39 bits per heavy atom. The Morgan fingerprint density at radius 2 is 2.11 bits per heavy atom. The number of nitro groups is 1. The lowest BCUT2D eigenvalue weighted by molar-refractivity contribution is -0.384. The number of anilines is 1. The van der Waals surface area contributed by atoms with Crippen molar-refractivity contribution < 1.29 is 29.1 Å². The molecule has 28 heavy (non-hydrogen) atoms. The van der Waals surface area contributed by atoms with Crippen LogP contribution in [0.2, 0.25) is 0 Å². The molecule has 1 atom stereocenters. The number of rotatable bonds is 3. The SMILES string of the molecule is CC(C)(C)OC(=O)N1CCN(c2cc3c(cc2[N+](=O)[O-])C(=O)OC3)[C@H](CO)C1. The van der Waals surface area contributed by atoms with Crippen molar-refractivity contribution in [1.82, 2.24) is 4.90 Å². The van der Waals surface area contributed by atoms with Gasteiger partial charge in [0.25, 0.3) is 5.69 Å². The average Bonchev–Trinajstić information content (AvgIpc) is 2.99. The third kappa shape index (κ3) is 3.86. The number of cyclic esters (lactones) is 1. The predicted octanol–water partition coefficient (Wildman–Crippen LogP) is 1.68. The lowest BCUT2D eigenvalue weighted by atomic mass is 10.0. The van der Waals surface area contributed by atoms with Crippen molar-refractivity contribution in [3.05, 3.63) is 33.4 Å². The highest BCUT2D eigenvalue weighted by Gasteiger charge is 2.36. The van der Waals surface area contributed by atoms with E-state index in [0.717, 1.165) is 0 Å². The number of hydrogen-bond acceptors (Lipinski definition) is 8. The molecule has 10 nitrogen and oxygen atoms in total. The molecule has 1 aromatic rings. The molecule has 0 bridgehead atoms. The van der Waals surface area contributed by atoms with Gasteiger partial charge in [-0.05, 0) is 26.8 Å². The molecule has 0 aromatic heterocycles. The fourth-order valence-corrected chi connectivity index (χ4v) is 3.35. The number of piperazine rings is 1. The second-order valence-corrected chi connectivity index (χ2v) is 7.79. The minimum absolute atomic E-state index is 0.0564. The van der Waals surface area contributed by atoms with E-state index in [1.165, 1.54) is 11.0 Å². The van der Waals surface area contributed by atoms with Gasteiger partial charge in [-0.2, -0.15) is 0 Å². The highest BCUT2D eigenvalue weighted by Crippen LogP contribution is 2.36. The molecule has 1 N–H and O–H groups in total. The summed E-state index contributed by atoms with van der Waals surface area (Å²) < 4.78 is 10.3. The Hall–Kier alpha value is -2.88. The van der Waals surface area contributed by atoms with Gasteiger partial charge in [0.15, 0.2) is 0 Å². The zero-order valence-corrected chi connectivity index (χ0v) is 16.0. The van der Waals surface area contributed by atoms with E-state index in [0.29, 0.717) is 11.3 Å². The van der Waals surface area contributed by atoms with Crippen LogP contribution < -0.4 is 4.90 Å². The molecular formula is C18H23N3O7. The minimum atomic E-state index is -0.645. The summed E-state index contributed by atoms with van der Waals surface area (Å²) in [5.41, 5.74) is 0.167. The summed E-state index contributed by atoms with van der Waals surface area (Å²) in [7, 11) is 0. The topological polar surface area (TPSA) is 122 Å². The van der Waals surface area contributed by atoms with E-state index >= 15 is 0 Å². The summed E-state index contributed by atoms with van der Waals surface area (Å²) in [6.45, 7) is 5.78. The number of carbonyl (C=O) groups is 2. The zero-order chi connectivity index (χ0) is 20.6. The van der Waals surface area contributed by atoms with Crippen LogP contribution in [0, 0.1) is 10.1 Å². The first kappa shape index (κ1) is 19.9. The van der Waals surface area contributed by atoms with Crippen molar-refractivity contribution in [2.24, 2.45) is 0 Å². The van der Waals surface area contributed by atoms with E-state index in [1.54, 1.807) is 31.7 Å². The molecule has 0 saturated carbocycles. The molecule has 2 aliphatic rings. The summed E-state index contributed by atoms with van der Waals surface area (Å²) >= 11 is 0. The van der Waals surface area contributed by atoms with Gasteiger partial charge in [0.05, 0.1) is 23.1 Å². The summed E-state index contributed by atoms with van der Waals surface area (Å²) in [5, 5.41) is 21.4. The van der Waals surface area contributed by atoms with Gasteiger partial charge in [-0.1, -0.05) is 0 Å². The van der Waals surface area contributed by atoms with E-state index in [1.807, 2.05) is 0 Å². The van der Waals surface area contributed by atoms with Crippen molar-refractivity contribution in [1.29, 1.82) is 0 Å². The summed E-state index contributed by atoms with van der Waals surface area (Å²) in [6.07, 6.45) is -0.493. The second-order valence-electron chi connectivity index (χ2n) is 7.79. The maximum atomic E-state index is 12.3. The minimum Gasteiger partial charge on any atom is -0.457 e. The molecule has 2 aliphatic heterocycles. The first-order valence-corrected chi connectivity index (χ1v) is 8.94. The molecule has 1 amide bonds. The zero-order valence-electron chi connectivity index (χ0n) is 16.0. The molecule has 0 aliphatic carbocycles. The van der Waals surface area contributed by atoms with Gasteiger partial charge in [0, 0.05) is 31.3 Å². The number of benzene rings is 1. The third-order valence-electron chi connectivity index (χ3n) is 4.63. The van der Waals surface area contributed by atoms with Crippen LogP contribution in [0.1, 0.15) is 36.7 Å². The first-order valence-electron chi connectivity index (χ1n) is 8.94. The van der Waals surface area contributed by atoms with Crippen molar-refractivity contribution in [2.75, 3.05) is 31.1 Å². The Balaban J connectivity index is 1.87. The van der Waals surface area contributed by atoms with Gasteiger partial charge in [-0.3, -0.25) is 10.1 Å². The van der Waals surface area contributed by atoms with Crippen LogP contribution >= 0.6 is 0 Å². The second kappa shape index (κ2) is 7.27. The van der Waals surface area contributed by atoms with Gasteiger partial charge < -0.3 is 24.4 Å². The fourth-order valence-electron chi connectivity index (χ4n) is 3.35. The van der Waals surface area contributed by atoms with Crippen molar-refractivity contribution in [2.45, 2.75) is 39.0 Å². The average molecular weight is 393 g/mol. The van der Waals surface area contributed by atoms with E-state index < -0.39 is 28.6 Å². The number of nitro benzene ring substituents is 1. The van der Waals surface area contributed by atoms with E-state index in [4.69, 9.17) is 9.47 Å². The van der Waals surface area contributed by atoms with Crippen LogP contribution in [-0.4, -0.2) is 64.9 Å². The quantitative estimate of drug-likeness (QED) is 0.468. The van der Waals surface area contributed by atoms with Crippen LogP contribution in [0.15, 0.2) is 12.1 Å². The van der Waals surface area contributed by atoms with Crippen molar-refractivity contribution >= 4 is 23.4 Å². The largest absolute Gasteiger partial charge is 0.457 e. The molecule has 2 heterocycles. The number of aliphatic hydroxyl groups excluding tert-OH is 1. The third-order valence-corrected chi connectivity index (χ3v) is 4.63. The Labute approximate surface area is 161 Å². The highest BCUT2D eigenvalue weighted by molar-refractivity contribution is 5.95. The number of nitrogens with zero attached hydrogens (tertiary/aromatic N) is 3. The number of amides is 1. The van der Waals surface area contributed by atoms with Gasteiger partial charge in [0.1, 0.15) is 17.9 Å². The number of fused-ring (bicyclic) bond motifs is 1. The lowest BCUT2D eigenvalue weighted by Crippen LogP contribution is -2.57. The summed E-state index contributed by atoms with van der Waals surface area (Å²) in [4.78, 5) is 38.2. The fraction of sp³-hybridized carbons (Fsp3) is 0.556. The summed E-state index contributed by atoms with van der Waals surface area (Å²) in [6, 6.07) is 2.23. The number of carbonyl (C=O) groups excluding carboxylic acids is 2. The molecule has 1 saturated heterocycles. The maximum absolute atomic E-state index is 12.3. The Morgan fingerprint density at radius 3 is 2.71 bits per heavy atom. The molecule has 3 rings (SSSR count). The van der Waals surface area contributed by atoms with Crippen LogP contribution in [0.25, 0.3) is 0 Å². The molecule has 0 radical (unpaired) electrons. The summed E-state index contributed by atoms with van der Waals surface area (Å²) in [5.74, 6) is -0.585. The monoisotopic (exact) mass is 393 g/mol. The molecule has 0 unspecified atom stereocenters. The van der Waals surface area contributed by atoms with Gasteiger partial charge in [0.2, 0.25) is 0 Å². The number of hydrogen-bond donors (Lipinski definition) is 1. The van der Waals surface area contributed by atoms with Crippen LogP contribution in [0.5, 0.6) is 0 Å². The van der Waals surface area contributed by atoms with Crippen molar-refractivity contribution in [3.8, 4) is 0 Å². The lowest BCUT2D eigenvalue weighted by Gasteiger charge is -2.41. The molecule has 152 valence electrons. The number of aliphatic hydroxyl groups is 1. The van der Waals surface area contributed by atoms with Gasteiger partial charge in [-0.25, -0.2) is 9.59 Å². The van der Waals surface area contributed by atoms with E-state index in [9.17, 15) is 24.8 Å². The smallest absolute Gasteiger partial charge is 0.410 e.